The molecule has 106 valence electrons. The second kappa shape index (κ2) is 6.44. The van der Waals surface area contributed by atoms with E-state index in [0.29, 0.717) is 23.5 Å². The highest BCUT2D eigenvalue weighted by atomic mass is 16.5. The number of aromatic carboxylic acids is 1. The Kier molecular flexibility index (Phi) is 4.42. The largest absolute Gasteiger partial charge is 0.495 e. The predicted molar refractivity (Wildman–Crippen MR) is 78.4 cm³/mol. The molecule has 0 atom stereocenters. The van der Waals surface area contributed by atoms with E-state index in [4.69, 9.17) is 15.1 Å². The zero-order valence-corrected chi connectivity index (χ0v) is 11.5. The van der Waals surface area contributed by atoms with E-state index in [1.165, 1.54) is 0 Å². The molecule has 2 aromatic carbocycles. The lowest BCUT2D eigenvalue weighted by Crippen LogP contribution is -2.04. The van der Waals surface area contributed by atoms with E-state index >= 15 is 0 Å². The number of benzene rings is 2. The molecular formula is C16H14N2O3. The third kappa shape index (κ3) is 3.31. The lowest BCUT2D eigenvalue weighted by Gasteiger charge is -2.12. The van der Waals surface area contributed by atoms with Crippen LogP contribution in [0, 0.1) is 11.3 Å². The fraction of sp³-hybridized carbons (Fsp3) is 0.125. The van der Waals surface area contributed by atoms with E-state index in [-0.39, 0.29) is 5.56 Å². The monoisotopic (exact) mass is 282 g/mol. The van der Waals surface area contributed by atoms with Gasteiger partial charge in [0.25, 0.3) is 0 Å². The maximum absolute atomic E-state index is 10.8. The molecule has 0 amide bonds. The molecule has 5 nitrogen and oxygen atoms in total. The SMILES string of the molecule is COc1cccc(C#N)c1NCc1ccc(C(=O)O)cc1. The van der Waals surface area contributed by atoms with Crippen LogP contribution in [-0.4, -0.2) is 18.2 Å². The summed E-state index contributed by atoms with van der Waals surface area (Å²) in [7, 11) is 1.54. The van der Waals surface area contributed by atoms with Crippen LogP contribution >= 0.6 is 0 Å². The van der Waals surface area contributed by atoms with Crippen LogP contribution in [0.3, 0.4) is 0 Å². The van der Waals surface area contributed by atoms with Crippen LogP contribution in [0.15, 0.2) is 42.5 Å². The standard InChI is InChI=1S/C16H14N2O3/c1-21-14-4-2-3-13(9-17)15(14)18-10-11-5-7-12(8-6-11)16(19)20/h2-8,18H,10H2,1H3,(H,19,20). The van der Waals surface area contributed by atoms with Crippen molar-refractivity contribution in [1.29, 1.82) is 5.26 Å². The van der Waals surface area contributed by atoms with Gasteiger partial charge in [-0.15, -0.1) is 0 Å². The van der Waals surface area contributed by atoms with E-state index in [2.05, 4.69) is 11.4 Å². The van der Waals surface area contributed by atoms with Gasteiger partial charge in [-0.3, -0.25) is 0 Å². The number of hydrogen-bond acceptors (Lipinski definition) is 4. The Balaban J connectivity index is 2.16. The van der Waals surface area contributed by atoms with Gasteiger partial charge in [-0.1, -0.05) is 18.2 Å². The molecule has 0 radical (unpaired) electrons. The Morgan fingerprint density at radius 3 is 2.57 bits per heavy atom. The number of carboxylic acid groups (broad SMARTS) is 1. The fourth-order valence-corrected chi connectivity index (χ4v) is 1.93. The second-order valence-electron chi connectivity index (χ2n) is 4.35. The Labute approximate surface area is 122 Å². The first kappa shape index (κ1) is 14.4. The maximum Gasteiger partial charge on any atom is 0.335 e. The minimum atomic E-state index is -0.953. The van der Waals surface area contributed by atoms with Gasteiger partial charge in [-0.2, -0.15) is 5.26 Å². The van der Waals surface area contributed by atoms with Crippen molar-refractivity contribution >= 4 is 11.7 Å². The average Bonchev–Trinajstić information content (AvgIpc) is 2.52. The Hall–Kier alpha value is -3.00. The van der Waals surface area contributed by atoms with Crippen LogP contribution in [0.5, 0.6) is 5.75 Å². The highest BCUT2D eigenvalue weighted by molar-refractivity contribution is 5.87. The lowest BCUT2D eigenvalue weighted by atomic mass is 10.1. The maximum atomic E-state index is 10.8. The summed E-state index contributed by atoms with van der Waals surface area (Å²) in [5.74, 6) is -0.359. The van der Waals surface area contributed by atoms with Crippen LogP contribution in [-0.2, 0) is 6.54 Å². The molecule has 0 fully saturated rings. The Bertz CT molecular complexity index is 688. The molecule has 0 unspecified atom stereocenters. The molecule has 0 aliphatic rings. The van der Waals surface area contributed by atoms with E-state index < -0.39 is 5.97 Å². The summed E-state index contributed by atoms with van der Waals surface area (Å²) in [4.78, 5) is 10.8. The molecule has 21 heavy (non-hydrogen) atoms. The van der Waals surface area contributed by atoms with Crippen LogP contribution < -0.4 is 10.1 Å². The summed E-state index contributed by atoms with van der Waals surface area (Å²) in [6, 6.07) is 13.9. The average molecular weight is 282 g/mol. The normalized spacial score (nSPS) is 9.71. The summed E-state index contributed by atoms with van der Waals surface area (Å²) in [6.07, 6.45) is 0. The number of methoxy groups -OCH3 is 1. The molecule has 0 aliphatic heterocycles. The van der Waals surface area contributed by atoms with Crippen molar-refractivity contribution in [2.75, 3.05) is 12.4 Å². The van der Waals surface area contributed by atoms with Crippen molar-refractivity contribution in [2.45, 2.75) is 6.54 Å². The number of rotatable bonds is 5. The zero-order valence-electron chi connectivity index (χ0n) is 11.5. The van der Waals surface area contributed by atoms with Crippen LogP contribution in [0.25, 0.3) is 0 Å². The molecule has 0 saturated carbocycles. The van der Waals surface area contributed by atoms with Gasteiger partial charge in [0.05, 0.1) is 23.9 Å². The molecule has 0 saturated heterocycles. The zero-order chi connectivity index (χ0) is 15.2. The molecule has 2 aromatic rings. The van der Waals surface area contributed by atoms with Crippen molar-refractivity contribution in [3.8, 4) is 11.8 Å². The predicted octanol–water partition coefficient (Wildman–Crippen LogP) is 2.88. The number of nitrogens with one attached hydrogen (secondary N) is 1. The topological polar surface area (TPSA) is 82.3 Å². The van der Waals surface area contributed by atoms with E-state index in [9.17, 15) is 4.79 Å². The summed E-state index contributed by atoms with van der Waals surface area (Å²) in [5.41, 5.74) is 2.28. The number of carbonyl (C=O) groups is 1. The Morgan fingerprint density at radius 1 is 1.29 bits per heavy atom. The summed E-state index contributed by atoms with van der Waals surface area (Å²) >= 11 is 0. The molecule has 2 rings (SSSR count). The van der Waals surface area contributed by atoms with Gasteiger partial charge in [-0.25, -0.2) is 4.79 Å². The molecule has 0 heterocycles. The van der Waals surface area contributed by atoms with Crippen molar-refractivity contribution in [2.24, 2.45) is 0 Å². The smallest absolute Gasteiger partial charge is 0.335 e. The molecular weight excluding hydrogens is 268 g/mol. The third-order valence-electron chi connectivity index (χ3n) is 3.04. The van der Waals surface area contributed by atoms with Gasteiger partial charge in [-0.05, 0) is 29.8 Å². The van der Waals surface area contributed by atoms with Crippen LogP contribution in [0.1, 0.15) is 21.5 Å². The molecule has 0 spiro atoms. The van der Waals surface area contributed by atoms with E-state index in [1.807, 2.05) is 0 Å². The summed E-state index contributed by atoms with van der Waals surface area (Å²) in [6.45, 7) is 0.467. The minimum absolute atomic E-state index is 0.244. The lowest BCUT2D eigenvalue weighted by molar-refractivity contribution is 0.0697. The van der Waals surface area contributed by atoms with Crippen LogP contribution in [0.2, 0.25) is 0 Å². The molecule has 2 N–H and O–H groups in total. The molecule has 5 heteroatoms. The number of nitriles is 1. The number of nitrogens with zero attached hydrogens (tertiary/aromatic N) is 1. The van der Waals surface area contributed by atoms with E-state index in [1.54, 1.807) is 49.6 Å². The number of para-hydroxylation sites is 1. The van der Waals surface area contributed by atoms with Gasteiger partial charge in [0.15, 0.2) is 0 Å². The van der Waals surface area contributed by atoms with Crippen molar-refractivity contribution in [3.63, 3.8) is 0 Å². The quantitative estimate of drug-likeness (QED) is 0.881. The fourth-order valence-electron chi connectivity index (χ4n) is 1.93. The van der Waals surface area contributed by atoms with Crippen molar-refractivity contribution in [3.05, 3.63) is 59.2 Å². The highest BCUT2D eigenvalue weighted by Crippen LogP contribution is 2.28. The number of ether oxygens (including phenoxy) is 1. The third-order valence-corrected chi connectivity index (χ3v) is 3.04. The van der Waals surface area contributed by atoms with Crippen LogP contribution in [0.4, 0.5) is 5.69 Å². The van der Waals surface area contributed by atoms with Gasteiger partial charge in [0, 0.05) is 6.54 Å². The molecule has 0 aliphatic carbocycles. The van der Waals surface area contributed by atoms with Gasteiger partial charge in [0.2, 0.25) is 0 Å². The second-order valence-corrected chi connectivity index (χ2v) is 4.35. The van der Waals surface area contributed by atoms with Gasteiger partial charge in [0.1, 0.15) is 11.8 Å². The highest BCUT2D eigenvalue weighted by Gasteiger charge is 2.08. The first-order valence-electron chi connectivity index (χ1n) is 6.29. The molecule has 0 bridgehead atoms. The summed E-state index contributed by atoms with van der Waals surface area (Å²) < 4.78 is 5.24. The van der Waals surface area contributed by atoms with Crippen molar-refractivity contribution < 1.29 is 14.6 Å². The number of hydrogen-bond donors (Lipinski definition) is 2. The van der Waals surface area contributed by atoms with E-state index in [0.717, 1.165) is 5.56 Å². The Morgan fingerprint density at radius 2 is 2.00 bits per heavy atom. The van der Waals surface area contributed by atoms with Crippen molar-refractivity contribution in [1.82, 2.24) is 0 Å². The van der Waals surface area contributed by atoms with Gasteiger partial charge < -0.3 is 15.2 Å². The first-order valence-corrected chi connectivity index (χ1v) is 6.29. The first-order chi connectivity index (χ1) is 10.2. The minimum Gasteiger partial charge on any atom is -0.495 e. The summed E-state index contributed by atoms with van der Waals surface area (Å²) in [5, 5.41) is 21.1. The van der Waals surface area contributed by atoms with Gasteiger partial charge >= 0.3 is 5.97 Å². The molecule has 0 aromatic heterocycles. The number of anilines is 1. The number of carboxylic acids is 1.